The third kappa shape index (κ3) is 2.84. The lowest BCUT2D eigenvalue weighted by atomic mass is 10.3. The fourth-order valence-corrected chi connectivity index (χ4v) is 1.36. The molecule has 0 N–H and O–H groups in total. The Balaban J connectivity index is 2.57. The molecule has 1 aliphatic rings. The van der Waals surface area contributed by atoms with Crippen molar-refractivity contribution in [3.63, 3.8) is 0 Å². The van der Waals surface area contributed by atoms with Crippen LogP contribution in [-0.2, 0) is 4.79 Å². The number of likely N-dealkylation sites (tertiary alicyclic amines) is 1. The van der Waals surface area contributed by atoms with Crippen molar-refractivity contribution in [1.29, 1.82) is 0 Å². The number of carbonyl (C=O) groups is 1. The van der Waals surface area contributed by atoms with E-state index >= 15 is 0 Å². The van der Waals surface area contributed by atoms with Crippen molar-refractivity contribution in [2.45, 2.75) is 12.8 Å². The van der Waals surface area contributed by atoms with E-state index in [4.69, 9.17) is 0 Å². The zero-order valence-corrected chi connectivity index (χ0v) is 9.01. The van der Waals surface area contributed by atoms with E-state index in [0.717, 1.165) is 23.1 Å². The highest BCUT2D eigenvalue weighted by Gasteiger charge is 2.20. The van der Waals surface area contributed by atoms with Crippen molar-refractivity contribution < 1.29 is 4.79 Å². The highest BCUT2D eigenvalue weighted by Crippen LogP contribution is 2.16. The van der Waals surface area contributed by atoms with Gasteiger partial charge in [-0.05, 0) is 18.6 Å². The lowest BCUT2D eigenvalue weighted by Gasteiger charge is -2.14. The molecule has 0 aromatic heterocycles. The normalized spacial score (nSPS) is 17.0. The molecule has 0 unspecified atom stereocenters. The number of hydrogen-bond donors (Lipinski definition) is 0. The first kappa shape index (κ1) is 10.3. The van der Waals surface area contributed by atoms with Crippen LogP contribution >= 0.6 is 15.9 Å². The van der Waals surface area contributed by atoms with E-state index in [1.807, 2.05) is 0 Å². The summed E-state index contributed by atoms with van der Waals surface area (Å²) in [5.41, 5.74) is 0.739. The summed E-state index contributed by atoms with van der Waals surface area (Å²) in [5, 5.41) is 0. The first-order valence-corrected chi connectivity index (χ1v) is 4.92. The first-order chi connectivity index (χ1) is 6.11. The number of halogens is 1. The molecule has 0 atom stereocenters. The van der Waals surface area contributed by atoms with Gasteiger partial charge in [0.1, 0.15) is 0 Å². The molecule has 0 bridgehead atoms. The van der Waals surface area contributed by atoms with Crippen LogP contribution in [0.25, 0.3) is 0 Å². The van der Waals surface area contributed by atoms with E-state index in [9.17, 15) is 4.79 Å². The predicted octanol–water partition coefficient (Wildman–Crippen LogP) is 2.59. The third-order valence-electron chi connectivity index (χ3n) is 1.88. The molecule has 70 valence electrons. The van der Waals surface area contributed by atoms with Crippen molar-refractivity contribution in [3.8, 4) is 0 Å². The smallest absolute Gasteiger partial charge is 0.227 e. The van der Waals surface area contributed by atoms with Gasteiger partial charge in [-0.3, -0.25) is 4.79 Å². The van der Waals surface area contributed by atoms with Gasteiger partial charge < -0.3 is 4.90 Å². The maximum absolute atomic E-state index is 11.3. The maximum Gasteiger partial charge on any atom is 0.227 e. The van der Waals surface area contributed by atoms with Crippen LogP contribution in [0.2, 0.25) is 0 Å². The zero-order chi connectivity index (χ0) is 9.84. The SMILES string of the molecule is C=C(Br)/C=C\C(=C)N1CCCC1=O. The lowest BCUT2D eigenvalue weighted by Crippen LogP contribution is -2.22. The van der Waals surface area contributed by atoms with Crippen molar-refractivity contribution >= 4 is 21.8 Å². The molecule has 0 saturated carbocycles. The van der Waals surface area contributed by atoms with Crippen molar-refractivity contribution in [2.75, 3.05) is 6.54 Å². The van der Waals surface area contributed by atoms with Gasteiger partial charge in [-0.25, -0.2) is 0 Å². The molecule has 2 nitrogen and oxygen atoms in total. The van der Waals surface area contributed by atoms with Gasteiger partial charge in [-0.2, -0.15) is 0 Å². The molecule has 0 aromatic carbocycles. The minimum atomic E-state index is 0.162. The van der Waals surface area contributed by atoms with E-state index in [0.29, 0.717) is 6.42 Å². The Labute approximate surface area is 86.7 Å². The number of allylic oxidation sites excluding steroid dienone is 3. The monoisotopic (exact) mass is 241 g/mol. The van der Waals surface area contributed by atoms with Crippen LogP contribution in [0, 0.1) is 0 Å². The minimum absolute atomic E-state index is 0.162. The Morgan fingerprint density at radius 1 is 1.46 bits per heavy atom. The fraction of sp³-hybridized carbons (Fsp3) is 0.300. The van der Waals surface area contributed by atoms with Gasteiger partial charge >= 0.3 is 0 Å². The summed E-state index contributed by atoms with van der Waals surface area (Å²) in [6, 6.07) is 0. The molecule has 1 saturated heterocycles. The average molecular weight is 242 g/mol. The molecule has 0 aliphatic carbocycles. The molecule has 1 amide bonds. The number of rotatable bonds is 3. The molecule has 0 aromatic rings. The van der Waals surface area contributed by atoms with E-state index in [1.54, 1.807) is 17.1 Å². The second-order valence-corrected chi connectivity index (χ2v) is 3.94. The maximum atomic E-state index is 11.3. The van der Waals surface area contributed by atoms with Gasteiger partial charge in [0.15, 0.2) is 0 Å². The average Bonchev–Trinajstić information content (AvgIpc) is 2.47. The molecule has 1 fully saturated rings. The Morgan fingerprint density at radius 2 is 2.15 bits per heavy atom. The minimum Gasteiger partial charge on any atom is -0.313 e. The van der Waals surface area contributed by atoms with E-state index in [-0.39, 0.29) is 5.91 Å². The van der Waals surface area contributed by atoms with Gasteiger partial charge in [-0.1, -0.05) is 29.1 Å². The van der Waals surface area contributed by atoms with E-state index in [2.05, 4.69) is 29.1 Å². The molecule has 1 rings (SSSR count). The first-order valence-electron chi connectivity index (χ1n) is 4.13. The molecular formula is C10H12BrNO. The van der Waals surface area contributed by atoms with Crippen molar-refractivity contribution in [1.82, 2.24) is 4.90 Å². The van der Waals surface area contributed by atoms with Crippen molar-refractivity contribution in [2.24, 2.45) is 0 Å². The Morgan fingerprint density at radius 3 is 2.62 bits per heavy atom. The molecule has 1 aliphatic heterocycles. The number of carbonyl (C=O) groups excluding carboxylic acids is 1. The summed E-state index contributed by atoms with van der Waals surface area (Å²) in [4.78, 5) is 13.0. The molecule has 0 radical (unpaired) electrons. The van der Waals surface area contributed by atoms with Crippen LogP contribution in [0.4, 0.5) is 0 Å². The zero-order valence-electron chi connectivity index (χ0n) is 7.42. The van der Waals surface area contributed by atoms with Crippen LogP contribution in [-0.4, -0.2) is 17.4 Å². The third-order valence-corrected chi connectivity index (χ3v) is 2.14. The fourth-order valence-electron chi connectivity index (χ4n) is 1.23. The molecule has 1 heterocycles. The lowest BCUT2D eigenvalue weighted by molar-refractivity contribution is -0.125. The van der Waals surface area contributed by atoms with Crippen molar-refractivity contribution in [3.05, 3.63) is 35.5 Å². The van der Waals surface area contributed by atoms with Crippen LogP contribution < -0.4 is 0 Å². The largest absolute Gasteiger partial charge is 0.313 e. The van der Waals surface area contributed by atoms with E-state index < -0.39 is 0 Å². The van der Waals surface area contributed by atoms with Gasteiger partial charge in [0, 0.05) is 23.1 Å². The summed E-state index contributed by atoms with van der Waals surface area (Å²) in [6.45, 7) is 8.26. The Bertz CT molecular complexity index is 281. The molecule has 0 spiro atoms. The van der Waals surface area contributed by atoms with Gasteiger partial charge in [0.05, 0.1) is 0 Å². The van der Waals surface area contributed by atoms with Crippen LogP contribution in [0.15, 0.2) is 35.5 Å². The summed E-state index contributed by atoms with van der Waals surface area (Å²) in [7, 11) is 0. The standard InChI is InChI=1S/C10H12BrNO/c1-8(11)5-6-9(2)12-7-3-4-10(12)13/h5-6H,1-4,7H2/b6-5-. The van der Waals surface area contributed by atoms with Gasteiger partial charge in [0.25, 0.3) is 0 Å². The Hall–Kier alpha value is -0.830. The van der Waals surface area contributed by atoms with Crippen LogP contribution in [0.3, 0.4) is 0 Å². The second-order valence-electron chi connectivity index (χ2n) is 2.92. The highest BCUT2D eigenvalue weighted by atomic mass is 79.9. The van der Waals surface area contributed by atoms with Gasteiger partial charge in [0.2, 0.25) is 5.91 Å². The van der Waals surface area contributed by atoms with Gasteiger partial charge in [-0.15, -0.1) is 0 Å². The highest BCUT2D eigenvalue weighted by molar-refractivity contribution is 9.11. The summed E-state index contributed by atoms with van der Waals surface area (Å²) >= 11 is 3.20. The number of hydrogen-bond acceptors (Lipinski definition) is 1. The predicted molar refractivity (Wildman–Crippen MR) is 57.3 cm³/mol. The Kier molecular flexibility index (Phi) is 3.48. The van der Waals surface area contributed by atoms with Crippen LogP contribution in [0.1, 0.15) is 12.8 Å². The molecule has 13 heavy (non-hydrogen) atoms. The number of nitrogens with zero attached hydrogens (tertiary/aromatic N) is 1. The van der Waals surface area contributed by atoms with Crippen LogP contribution in [0.5, 0.6) is 0 Å². The summed E-state index contributed by atoms with van der Waals surface area (Å²) < 4.78 is 0.778. The number of amides is 1. The van der Waals surface area contributed by atoms with E-state index in [1.165, 1.54) is 0 Å². The molecule has 3 heteroatoms. The molecular weight excluding hydrogens is 230 g/mol. The summed E-state index contributed by atoms with van der Waals surface area (Å²) in [6.07, 6.45) is 5.15. The quantitative estimate of drug-likeness (QED) is 0.696. The second kappa shape index (κ2) is 4.42. The topological polar surface area (TPSA) is 20.3 Å². The summed E-state index contributed by atoms with van der Waals surface area (Å²) in [5.74, 6) is 0.162.